The smallest absolute Gasteiger partial charge is 0.231 e. The molecule has 0 radical (unpaired) electrons. The molecular weight excluding hydrogens is 230 g/mol. The van der Waals surface area contributed by atoms with Gasteiger partial charge in [0.1, 0.15) is 0 Å². The van der Waals surface area contributed by atoms with E-state index in [0.29, 0.717) is 5.75 Å². The van der Waals surface area contributed by atoms with Crippen LogP contribution in [-0.2, 0) is 0 Å². The van der Waals surface area contributed by atoms with Crippen molar-refractivity contribution in [3.05, 3.63) is 23.8 Å². The van der Waals surface area contributed by atoms with Gasteiger partial charge >= 0.3 is 0 Å². The molecule has 3 rings (SSSR count). The largest absolute Gasteiger partial charge is 0.454 e. The van der Waals surface area contributed by atoms with E-state index in [2.05, 4.69) is 5.32 Å². The van der Waals surface area contributed by atoms with Crippen molar-refractivity contribution in [3.8, 4) is 11.5 Å². The monoisotopic (exact) mass is 247 g/mol. The average molecular weight is 247 g/mol. The van der Waals surface area contributed by atoms with Crippen LogP contribution in [0.1, 0.15) is 29.6 Å². The molecule has 1 fully saturated rings. The quantitative estimate of drug-likeness (QED) is 0.827. The van der Waals surface area contributed by atoms with Crippen LogP contribution in [0.15, 0.2) is 18.2 Å². The summed E-state index contributed by atoms with van der Waals surface area (Å²) in [5, 5.41) is 3.14. The summed E-state index contributed by atoms with van der Waals surface area (Å²) in [5.41, 5.74) is 0.525. The fraction of sp³-hybridized carbons (Fsp3) is 0.500. The van der Waals surface area contributed by atoms with E-state index in [9.17, 15) is 4.79 Å². The maximum absolute atomic E-state index is 12.6. The van der Waals surface area contributed by atoms with E-state index in [-0.39, 0.29) is 18.0 Å². The van der Waals surface area contributed by atoms with Gasteiger partial charge in [0.15, 0.2) is 17.3 Å². The van der Waals surface area contributed by atoms with Crippen molar-refractivity contribution in [2.45, 2.75) is 19.3 Å². The first-order chi connectivity index (χ1) is 8.75. The van der Waals surface area contributed by atoms with Crippen LogP contribution in [0.3, 0.4) is 0 Å². The van der Waals surface area contributed by atoms with Gasteiger partial charge in [-0.25, -0.2) is 0 Å². The van der Waals surface area contributed by atoms with E-state index in [0.717, 1.165) is 37.1 Å². The highest BCUT2D eigenvalue weighted by atomic mass is 16.7. The minimum Gasteiger partial charge on any atom is -0.454 e. The molecule has 0 unspecified atom stereocenters. The number of nitrogens with one attached hydrogen (secondary N) is 1. The van der Waals surface area contributed by atoms with Gasteiger partial charge in [-0.05, 0) is 38.1 Å². The predicted molar refractivity (Wildman–Crippen MR) is 67.1 cm³/mol. The Labute approximate surface area is 106 Å². The Morgan fingerprint density at radius 2 is 2.11 bits per heavy atom. The Hall–Kier alpha value is -1.55. The van der Waals surface area contributed by atoms with Gasteiger partial charge < -0.3 is 14.8 Å². The standard InChI is InChI=1S/C14H17NO3/c1-15-8-14(5-2-6-14)13(16)10-3-4-11-12(7-10)18-9-17-11/h3-4,7,15H,2,5-6,8-9H2,1H3. The molecule has 1 aromatic rings. The number of ether oxygens (including phenoxy) is 2. The molecule has 0 bridgehead atoms. The normalized spacial score (nSPS) is 19.4. The third-order valence-corrected chi connectivity index (χ3v) is 3.94. The molecule has 4 heteroatoms. The second-order valence-corrected chi connectivity index (χ2v) is 5.06. The first kappa shape index (κ1) is 11.5. The fourth-order valence-electron chi connectivity index (χ4n) is 2.77. The van der Waals surface area contributed by atoms with Crippen molar-refractivity contribution in [1.29, 1.82) is 0 Å². The first-order valence-corrected chi connectivity index (χ1v) is 6.34. The zero-order valence-electron chi connectivity index (χ0n) is 10.5. The first-order valence-electron chi connectivity index (χ1n) is 6.34. The van der Waals surface area contributed by atoms with Gasteiger partial charge in [0.05, 0.1) is 0 Å². The molecule has 0 atom stereocenters. The zero-order valence-corrected chi connectivity index (χ0v) is 10.5. The molecule has 18 heavy (non-hydrogen) atoms. The second-order valence-electron chi connectivity index (χ2n) is 5.06. The Morgan fingerprint density at radius 1 is 1.33 bits per heavy atom. The van der Waals surface area contributed by atoms with E-state index in [4.69, 9.17) is 9.47 Å². The number of Topliss-reactive ketones (excluding diaryl/α,β-unsaturated/α-hetero) is 1. The van der Waals surface area contributed by atoms with E-state index < -0.39 is 0 Å². The van der Waals surface area contributed by atoms with Crippen molar-refractivity contribution in [1.82, 2.24) is 5.32 Å². The fourth-order valence-corrected chi connectivity index (χ4v) is 2.77. The van der Waals surface area contributed by atoms with Crippen LogP contribution in [0.4, 0.5) is 0 Å². The lowest BCUT2D eigenvalue weighted by Crippen LogP contribution is -2.45. The van der Waals surface area contributed by atoms with Gasteiger partial charge in [0.25, 0.3) is 0 Å². The zero-order chi connectivity index (χ0) is 12.6. The van der Waals surface area contributed by atoms with Crippen LogP contribution in [-0.4, -0.2) is 26.2 Å². The Kier molecular flexibility index (Phi) is 2.74. The summed E-state index contributed by atoms with van der Waals surface area (Å²) in [4.78, 5) is 12.6. The van der Waals surface area contributed by atoms with Crippen molar-refractivity contribution in [3.63, 3.8) is 0 Å². The van der Waals surface area contributed by atoms with Crippen molar-refractivity contribution in [2.24, 2.45) is 5.41 Å². The highest BCUT2D eigenvalue weighted by Gasteiger charge is 2.43. The molecule has 1 aliphatic carbocycles. The lowest BCUT2D eigenvalue weighted by atomic mass is 9.64. The lowest BCUT2D eigenvalue weighted by Gasteiger charge is -2.40. The Bertz CT molecular complexity index is 480. The number of fused-ring (bicyclic) bond motifs is 1. The number of carbonyl (C=O) groups is 1. The molecule has 0 aromatic heterocycles. The molecule has 96 valence electrons. The highest BCUT2D eigenvalue weighted by molar-refractivity contribution is 6.01. The van der Waals surface area contributed by atoms with Gasteiger partial charge in [-0.15, -0.1) is 0 Å². The molecule has 2 aliphatic rings. The molecule has 0 saturated heterocycles. The second kappa shape index (κ2) is 4.28. The molecule has 1 saturated carbocycles. The van der Waals surface area contributed by atoms with Crippen molar-refractivity contribution < 1.29 is 14.3 Å². The molecule has 0 amide bonds. The molecule has 1 aromatic carbocycles. The maximum Gasteiger partial charge on any atom is 0.231 e. The summed E-state index contributed by atoms with van der Waals surface area (Å²) < 4.78 is 10.6. The topological polar surface area (TPSA) is 47.6 Å². The maximum atomic E-state index is 12.6. The SMILES string of the molecule is CNCC1(C(=O)c2ccc3c(c2)OCO3)CCC1. The van der Waals surface area contributed by atoms with Crippen LogP contribution in [0.25, 0.3) is 0 Å². The minimum absolute atomic E-state index is 0.206. The summed E-state index contributed by atoms with van der Waals surface area (Å²) in [5.74, 6) is 1.63. The van der Waals surface area contributed by atoms with Crippen LogP contribution < -0.4 is 14.8 Å². The number of hydrogen-bond donors (Lipinski definition) is 1. The van der Waals surface area contributed by atoms with Crippen molar-refractivity contribution in [2.75, 3.05) is 20.4 Å². The van der Waals surface area contributed by atoms with Crippen LogP contribution in [0, 0.1) is 5.41 Å². The summed E-state index contributed by atoms with van der Waals surface area (Å²) in [7, 11) is 1.90. The van der Waals surface area contributed by atoms with E-state index in [1.165, 1.54) is 0 Å². The molecule has 1 aliphatic heterocycles. The van der Waals surface area contributed by atoms with E-state index in [1.54, 1.807) is 6.07 Å². The number of hydrogen-bond acceptors (Lipinski definition) is 4. The summed E-state index contributed by atoms with van der Waals surface area (Å²) >= 11 is 0. The predicted octanol–water partition coefficient (Wildman–Crippen LogP) is 1.99. The molecule has 1 N–H and O–H groups in total. The highest BCUT2D eigenvalue weighted by Crippen LogP contribution is 2.44. The lowest BCUT2D eigenvalue weighted by molar-refractivity contribution is 0.0614. The van der Waals surface area contributed by atoms with Gasteiger partial charge in [-0.1, -0.05) is 6.42 Å². The minimum atomic E-state index is -0.206. The molecule has 1 heterocycles. The number of benzene rings is 1. The summed E-state index contributed by atoms with van der Waals surface area (Å²) in [6.07, 6.45) is 3.08. The average Bonchev–Trinajstić information content (AvgIpc) is 2.80. The van der Waals surface area contributed by atoms with Crippen LogP contribution >= 0.6 is 0 Å². The molecule has 4 nitrogen and oxygen atoms in total. The summed E-state index contributed by atoms with van der Waals surface area (Å²) in [6, 6.07) is 5.47. The molecule has 0 spiro atoms. The summed E-state index contributed by atoms with van der Waals surface area (Å²) in [6.45, 7) is 0.995. The Morgan fingerprint density at radius 3 is 2.78 bits per heavy atom. The van der Waals surface area contributed by atoms with Crippen LogP contribution in [0.5, 0.6) is 11.5 Å². The van der Waals surface area contributed by atoms with Gasteiger partial charge in [0.2, 0.25) is 6.79 Å². The van der Waals surface area contributed by atoms with Crippen LogP contribution in [0.2, 0.25) is 0 Å². The van der Waals surface area contributed by atoms with E-state index in [1.807, 2.05) is 19.2 Å². The molecular formula is C14H17NO3. The third kappa shape index (κ3) is 1.68. The van der Waals surface area contributed by atoms with Gasteiger partial charge in [-0.3, -0.25) is 4.79 Å². The third-order valence-electron chi connectivity index (χ3n) is 3.94. The number of carbonyl (C=O) groups excluding carboxylic acids is 1. The Balaban J connectivity index is 1.88. The van der Waals surface area contributed by atoms with Gasteiger partial charge in [-0.2, -0.15) is 0 Å². The number of rotatable bonds is 4. The van der Waals surface area contributed by atoms with Gasteiger partial charge in [0, 0.05) is 17.5 Å². The van der Waals surface area contributed by atoms with Crippen molar-refractivity contribution >= 4 is 5.78 Å². The number of ketones is 1. The van der Waals surface area contributed by atoms with E-state index >= 15 is 0 Å².